The molecule has 0 radical (unpaired) electrons. The molecule has 0 aliphatic carbocycles. The van der Waals surface area contributed by atoms with E-state index in [2.05, 4.69) is 15.5 Å². The van der Waals surface area contributed by atoms with E-state index in [4.69, 9.17) is 9.47 Å². The van der Waals surface area contributed by atoms with Crippen LogP contribution in [0.3, 0.4) is 0 Å². The minimum absolute atomic E-state index is 0.0413. The van der Waals surface area contributed by atoms with Crippen molar-refractivity contribution < 1.29 is 14.3 Å². The Kier molecular flexibility index (Phi) is 6.81. The van der Waals surface area contributed by atoms with Gasteiger partial charge in [-0.15, -0.1) is 0 Å². The number of H-pyrrole nitrogens is 1. The number of hydrogen-bond acceptors (Lipinski definition) is 4. The Balaban J connectivity index is 1.74. The van der Waals surface area contributed by atoms with Gasteiger partial charge in [-0.1, -0.05) is 24.3 Å². The zero-order valence-corrected chi connectivity index (χ0v) is 16.1. The summed E-state index contributed by atoms with van der Waals surface area (Å²) in [4.78, 5) is 13.0. The maximum absolute atomic E-state index is 13.0. The standard InChI is InChI=1S/C22H25N3O3/c1-27-12-4-7-21(17-5-3-6-20(13-17)28-2)22(26)25-19-10-8-16(9-11-19)18-14-23-24-15-18/h3,5-6,8-11,13-15,21H,4,7,12H2,1-2H3,(H,23,24)(H,25,26)/t21-/m1/s1. The summed E-state index contributed by atoms with van der Waals surface area (Å²) >= 11 is 0. The van der Waals surface area contributed by atoms with E-state index in [1.54, 1.807) is 20.4 Å². The Labute approximate surface area is 164 Å². The third-order valence-corrected chi connectivity index (χ3v) is 4.64. The van der Waals surface area contributed by atoms with Gasteiger partial charge < -0.3 is 14.8 Å². The molecule has 0 bridgehead atoms. The monoisotopic (exact) mass is 379 g/mol. The third-order valence-electron chi connectivity index (χ3n) is 4.64. The number of aromatic amines is 1. The van der Waals surface area contributed by atoms with Crippen LogP contribution in [0.1, 0.15) is 24.3 Å². The van der Waals surface area contributed by atoms with E-state index in [0.29, 0.717) is 13.0 Å². The molecule has 1 heterocycles. The lowest BCUT2D eigenvalue weighted by Crippen LogP contribution is -2.21. The normalized spacial score (nSPS) is 11.8. The number of nitrogens with zero attached hydrogens (tertiary/aromatic N) is 1. The fraction of sp³-hybridized carbons (Fsp3) is 0.273. The van der Waals surface area contributed by atoms with Crippen LogP contribution in [0, 0.1) is 0 Å². The fourth-order valence-electron chi connectivity index (χ4n) is 3.12. The number of carbonyl (C=O) groups is 1. The highest BCUT2D eigenvalue weighted by Gasteiger charge is 2.21. The van der Waals surface area contributed by atoms with Crippen molar-refractivity contribution in [2.75, 3.05) is 26.1 Å². The molecule has 146 valence electrons. The molecule has 2 N–H and O–H groups in total. The lowest BCUT2D eigenvalue weighted by Gasteiger charge is -2.18. The van der Waals surface area contributed by atoms with Crippen molar-refractivity contribution in [2.24, 2.45) is 0 Å². The van der Waals surface area contributed by atoms with Crippen LogP contribution in [0.25, 0.3) is 11.1 Å². The first kappa shape index (κ1) is 19.6. The van der Waals surface area contributed by atoms with E-state index < -0.39 is 0 Å². The number of aromatic nitrogens is 2. The topological polar surface area (TPSA) is 76.2 Å². The lowest BCUT2D eigenvalue weighted by atomic mass is 9.93. The van der Waals surface area contributed by atoms with E-state index in [-0.39, 0.29) is 11.8 Å². The van der Waals surface area contributed by atoms with Crippen LogP contribution in [0.15, 0.2) is 60.9 Å². The highest BCUT2D eigenvalue weighted by atomic mass is 16.5. The van der Waals surface area contributed by atoms with Gasteiger partial charge in [-0.05, 0) is 48.2 Å². The van der Waals surface area contributed by atoms with Crippen LogP contribution in [0.2, 0.25) is 0 Å². The van der Waals surface area contributed by atoms with E-state index in [9.17, 15) is 4.79 Å². The quantitative estimate of drug-likeness (QED) is 0.546. The van der Waals surface area contributed by atoms with Crippen LogP contribution >= 0.6 is 0 Å². The average Bonchev–Trinajstić information content (AvgIpc) is 3.26. The number of nitrogens with one attached hydrogen (secondary N) is 2. The van der Waals surface area contributed by atoms with Crippen molar-refractivity contribution in [3.05, 3.63) is 66.5 Å². The van der Waals surface area contributed by atoms with Gasteiger partial charge in [0.05, 0.1) is 19.2 Å². The minimum Gasteiger partial charge on any atom is -0.497 e. The fourth-order valence-corrected chi connectivity index (χ4v) is 3.12. The van der Waals surface area contributed by atoms with Crippen molar-refractivity contribution in [3.8, 4) is 16.9 Å². The summed E-state index contributed by atoms with van der Waals surface area (Å²) in [7, 11) is 3.29. The number of rotatable bonds is 9. The Hall–Kier alpha value is -3.12. The molecule has 28 heavy (non-hydrogen) atoms. The maximum Gasteiger partial charge on any atom is 0.231 e. The number of benzene rings is 2. The molecule has 1 amide bonds. The van der Waals surface area contributed by atoms with Crippen LogP contribution in [0.5, 0.6) is 5.75 Å². The van der Waals surface area contributed by atoms with E-state index in [1.807, 2.05) is 54.7 Å². The van der Waals surface area contributed by atoms with Gasteiger partial charge >= 0.3 is 0 Å². The second kappa shape index (κ2) is 9.71. The molecule has 3 rings (SSSR count). The molecular weight excluding hydrogens is 354 g/mol. The zero-order chi connectivity index (χ0) is 19.8. The predicted octanol–water partition coefficient (Wildman–Crippen LogP) is 4.23. The van der Waals surface area contributed by atoms with Gasteiger partial charge in [-0.25, -0.2) is 0 Å². The first-order chi connectivity index (χ1) is 13.7. The molecule has 0 aliphatic heterocycles. The second-order valence-electron chi connectivity index (χ2n) is 6.52. The summed E-state index contributed by atoms with van der Waals surface area (Å²) in [5.74, 6) is 0.422. The molecule has 0 unspecified atom stereocenters. The molecule has 0 saturated carbocycles. The predicted molar refractivity (Wildman–Crippen MR) is 109 cm³/mol. The van der Waals surface area contributed by atoms with Crippen LogP contribution < -0.4 is 10.1 Å². The number of carbonyl (C=O) groups excluding carboxylic acids is 1. The second-order valence-corrected chi connectivity index (χ2v) is 6.52. The van der Waals surface area contributed by atoms with Crippen LogP contribution in [-0.4, -0.2) is 36.9 Å². The molecule has 0 aliphatic rings. The van der Waals surface area contributed by atoms with Crippen molar-refractivity contribution in [1.29, 1.82) is 0 Å². The molecule has 1 aromatic heterocycles. The van der Waals surface area contributed by atoms with Crippen molar-refractivity contribution in [1.82, 2.24) is 10.2 Å². The Morgan fingerprint density at radius 3 is 2.64 bits per heavy atom. The Morgan fingerprint density at radius 2 is 1.96 bits per heavy atom. The van der Waals surface area contributed by atoms with Gasteiger partial charge in [-0.2, -0.15) is 5.10 Å². The minimum atomic E-state index is -0.279. The Morgan fingerprint density at radius 1 is 1.14 bits per heavy atom. The van der Waals surface area contributed by atoms with E-state index in [1.165, 1.54) is 0 Å². The van der Waals surface area contributed by atoms with Gasteiger partial charge in [-0.3, -0.25) is 9.89 Å². The van der Waals surface area contributed by atoms with Crippen molar-refractivity contribution in [2.45, 2.75) is 18.8 Å². The molecule has 6 nitrogen and oxygen atoms in total. The van der Waals surface area contributed by atoms with Gasteiger partial charge in [0.25, 0.3) is 0 Å². The summed E-state index contributed by atoms with van der Waals surface area (Å²) in [6, 6.07) is 15.4. The SMILES string of the molecule is COCCC[C@@H](C(=O)Nc1ccc(-c2cn[nH]c2)cc1)c1cccc(OC)c1. The van der Waals surface area contributed by atoms with Gasteiger partial charge in [0, 0.05) is 31.2 Å². The molecule has 0 spiro atoms. The molecule has 6 heteroatoms. The molecule has 1 atom stereocenters. The Bertz CT molecular complexity index is 876. The smallest absolute Gasteiger partial charge is 0.231 e. The molecule has 0 fully saturated rings. The molecule has 0 saturated heterocycles. The summed E-state index contributed by atoms with van der Waals surface area (Å²) in [6.07, 6.45) is 5.09. The summed E-state index contributed by atoms with van der Waals surface area (Å²) < 4.78 is 10.5. The number of methoxy groups -OCH3 is 2. The van der Waals surface area contributed by atoms with Crippen molar-refractivity contribution >= 4 is 11.6 Å². The van der Waals surface area contributed by atoms with Gasteiger partial charge in [0.1, 0.15) is 5.75 Å². The molecule has 2 aromatic carbocycles. The van der Waals surface area contributed by atoms with Gasteiger partial charge in [0.15, 0.2) is 0 Å². The largest absolute Gasteiger partial charge is 0.497 e. The average molecular weight is 379 g/mol. The maximum atomic E-state index is 13.0. The number of hydrogen-bond donors (Lipinski definition) is 2. The zero-order valence-electron chi connectivity index (χ0n) is 16.1. The van der Waals surface area contributed by atoms with E-state index in [0.717, 1.165) is 34.5 Å². The summed E-state index contributed by atoms with van der Waals surface area (Å²) in [5.41, 5.74) is 3.74. The number of anilines is 1. The summed E-state index contributed by atoms with van der Waals surface area (Å²) in [6.45, 7) is 0.618. The number of ether oxygens (including phenoxy) is 2. The lowest BCUT2D eigenvalue weighted by molar-refractivity contribution is -0.117. The highest BCUT2D eigenvalue weighted by molar-refractivity contribution is 5.96. The molecule has 3 aromatic rings. The first-order valence-corrected chi connectivity index (χ1v) is 9.24. The van der Waals surface area contributed by atoms with Crippen LogP contribution in [0.4, 0.5) is 5.69 Å². The highest BCUT2D eigenvalue weighted by Crippen LogP contribution is 2.27. The third kappa shape index (κ3) is 4.98. The molecular formula is C22H25N3O3. The first-order valence-electron chi connectivity index (χ1n) is 9.24. The van der Waals surface area contributed by atoms with E-state index >= 15 is 0 Å². The van der Waals surface area contributed by atoms with Crippen LogP contribution in [-0.2, 0) is 9.53 Å². The summed E-state index contributed by atoms with van der Waals surface area (Å²) in [5, 5.41) is 9.80. The van der Waals surface area contributed by atoms with Crippen molar-refractivity contribution in [3.63, 3.8) is 0 Å². The number of amides is 1. The van der Waals surface area contributed by atoms with Gasteiger partial charge in [0.2, 0.25) is 5.91 Å².